The van der Waals surface area contributed by atoms with Crippen LogP contribution >= 0.6 is 0 Å². The third kappa shape index (κ3) is 3.51. The molecule has 32 heavy (non-hydrogen) atoms. The normalized spacial score (nSPS) is 18.1. The number of hydrogen-bond acceptors (Lipinski definition) is 5. The fraction of sp³-hybridized carbons (Fsp3) is 0.273. The monoisotopic (exact) mass is 445 g/mol. The standard InChI is InChI=1S/C22H18F3N3O4/c1-10-2-4-11(5-3-10)8-9-26-19-15-14(16(23)17(24)18(19)25)21(31)28(22(15)32)12-6-7-13(29)27-20(12)30/h2-5,12,26H,6-9H2,1H3,(H,27,29,30). The molecule has 0 aromatic heterocycles. The highest BCUT2D eigenvalue weighted by Gasteiger charge is 2.49. The summed E-state index contributed by atoms with van der Waals surface area (Å²) in [6.45, 7) is 1.98. The van der Waals surface area contributed by atoms with Gasteiger partial charge in [-0.2, -0.15) is 0 Å². The smallest absolute Gasteiger partial charge is 0.265 e. The van der Waals surface area contributed by atoms with Crippen LogP contribution in [0.4, 0.5) is 18.9 Å². The predicted octanol–water partition coefficient (Wildman–Crippen LogP) is 2.47. The number of aryl methyl sites for hydroxylation is 1. The predicted molar refractivity (Wildman–Crippen MR) is 106 cm³/mol. The van der Waals surface area contributed by atoms with Gasteiger partial charge in [0, 0.05) is 13.0 Å². The van der Waals surface area contributed by atoms with Gasteiger partial charge in [-0.3, -0.25) is 29.4 Å². The van der Waals surface area contributed by atoms with Crippen LogP contribution in [0, 0.1) is 24.4 Å². The van der Waals surface area contributed by atoms with Gasteiger partial charge in [0.2, 0.25) is 11.8 Å². The van der Waals surface area contributed by atoms with Crippen molar-refractivity contribution in [3.63, 3.8) is 0 Å². The minimum Gasteiger partial charge on any atom is -0.382 e. The summed E-state index contributed by atoms with van der Waals surface area (Å²) in [6, 6.07) is 6.08. The van der Waals surface area contributed by atoms with E-state index in [1.165, 1.54) is 0 Å². The second-order valence-electron chi connectivity index (χ2n) is 7.68. The Morgan fingerprint density at radius 1 is 0.969 bits per heavy atom. The molecule has 0 bridgehead atoms. The van der Waals surface area contributed by atoms with E-state index in [2.05, 4.69) is 5.32 Å². The van der Waals surface area contributed by atoms with Gasteiger partial charge in [0.25, 0.3) is 11.8 Å². The zero-order valence-corrected chi connectivity index (χ0v) is 16.9. The van der Waals surface area contributed by atoms with Crippen molar-refractivity contribution in [3.05, 3.63) is 64.0 Å². The average molecular weight is 445 g/mol. The van der Waals surface area contributed by atoms with Crippen molar-refractivity contribution in [1.29, 1.82) is 0 Å². The summed E-state index contributed by atoms with van der Waals surface area (Å²) in [4.78, 5) is 49.8. The van der Waals surface area contributed by atoms with Crippen LogP contribution in [0.3, 0.4) is 0 Å². The molecule has 2 aromatic carbocycles. The fourth-order valence-electron chi connectivity index (χ4n) is 3.87. The van der Waals surface area contributed by atoms with Crippen LogP contribution < -0.4 is 10.6 Å². The first-order chi connectivity index (χ1) is 15.2. The van der Waals surface area contributed by atoms with E-state index in [1.54, 1.807) is 0 Å². The van der Waals surface area contributed by atoms with Crippen molar-refractivity contribution in [2.24, 2.45) is 0 Å². The van der Waals surface area contributed by atoms with Gasteiger partial charge in [-0.15, -0.1) is 0 Å². The van der Waals surface area contributed by atoms with Crippen molar-refractivity contribution in [2.45, 2.75) is 32.2 Å². The summed E-state index contributed by atoms with van der Waals surface area (Å²) in [6.07, 6.45) is 0.0715. The molecule has 1 fully saturated rings. The van der Waals surface area contributed by atoms with Crippen LogP contribution in [0.1, 0.15) is 44.7 Å². The molecular formula is C22H18F3N3O4. The van der Waals surface area contributed by atoms with E-state index >= 15 is 0 Å². The number of rotatable bonds is 5. The number of nitrogens with one attached hydrogen (secondary N) is 2. The maximum absolute atomic E-state index is 14.6. The van der Waals surface area contributed by atoms with E-state index in [9.17, 15) is 32.3 Å². The van der Waals surface area contributed by atoms with Gasteiger partial charge in [0.15, 0.2) is 17.5 Å². The van der Waals surface area contributed by atoms with Crippen LogP contribution in [-0.2, 0) is 16.0 Å². The van der Waals surface area contributed by atoms with Crippen molar-refractivity contribution in [3.8, 4) is 0 Å². The van der Waals surface area contributed by atoms with E-state index in [4.69, 9.17) is 0 Å². The lowest BCUT2D eigenvalue weighted by atomic mass is 10.0. The molecule has 2 aliphatic rings. The van der Waals surface area contributed by atoms with Crippen LogP contribution in [-0.4, -0.2) is 41.1 Å². The highest BCUT2D eigenvalue weighted by Crippen LogP contribution is 2.37. The summed E-state index contributed by atoms with van der Waals surface area (Å²) in [5.74, 6) is -9.19. The van der Waals surface area contributed by atoms with E-state index < -0.39 is 63.9 Å². The van der Waals surface area contributed by atoms with E-state index in [-0.39, 0.29) is 19.4 Å². The highest BCUT2D eigenvalue weighted by atomic mass is 19.2. The summed E-state index contributed by atoms with van der Waals surface area (Å²) in [5.41, 5.74) is -0.310. The number of imide groups is 2. The van der Waals surface area contributed by atoms with Gasteiger partial charge < -0.3 is 5.32 Å². The number of anilines is 1. The molecule has 4 amide bonds. The third-order valence-electron chi connectivity index (χ3n) is 5.55. The second kappa shape index (κ2) is 8.10. The summed E-state index contributed by atoms with van der Waals surface area (Å²) >= 11 is 0. The van der Waals surface area contributed by atoms with Crippen LogP contribution in [0.2, 0.25) is 0 Å². The minimum atomic E-state index is -1.90. The maximum atomic E-state index is 14.6. The Morgan fingerprint density at radius 3 is 2.28 bits per heavy atom. The number of nitrogens with zero attached hydrogens (tertiary/aromatic N) is 1. The fourth-order valence-corrected chi connectivity index (χ4v) is 3.87. The van der Waals surface area contributed by atoms with Crippen molar-refractivity contribution < 1.29 is 32.3 Å². The first-order valence-electron chi connectivity index (χ1n) is 9.92. The van der Waals surface area contributed by atoms with Gasteiger partial charge >= 0.3 is 0 Å². The molecule has 7 nitrogen and oxygen atoms in total. The lowest BCUT2D eigenvalue weighted by molar-refractivity contribution is -0.136. The summed E-state index contributed by atoms with van der Waals surface area (Å²) in [7, 11) is 0. The van der Waals surface area contributed by atoms with E-state index in [0.717, 1.165) is 11.1 Å². The Balaban J connectivity index is 1.66. The Bertz CT molecular complexity index is 1160. The minimum absolute atomic E-state index is 0.0668. The summed E-state index contributed by atoms with van der Waals surface area (Å²) in [5, 5.41) is 4.60. The zero-order valence-electron chi connectivity index (χ0n) is 16.9. The molecule has 166 valence electrons. The molecule has 2 aliphatic heterocycles. The number of hydrogen-bond donors (Lipinski definition) is 2. The van der Waals surface area contributed by atoms with Gasteiger partial charge in [0.05, 0.1) is 16.8 Å². The molecule has 0 radical (unpaired) electrons. The SMILES string of the molecule is Cc1ccc(CCNc2c(F)c(F)c(F)c3c2C(=O)N(C2CCC(=O)NC2=O)C3=O)cc1. The van der Waals surface area contributed by atoms with Crippen molar-refractivity contribution in [2.75, 3.05) is 11.9 Å². The van der Waals surface area contributed by atoms with Gasteiger partial charge in [-0.25, -0.2) is 13.2 Å². The van der Waals surface area contributed by atoms with Crippen molar-refractivity contribution >= 4 is 29.3 Å². The average Bonchev–Trinajstić information content (AvgIpc) is 3.01. The number of fused-ring (bicyclic) bond motifs is 1. The zero-order chi connectivity index (χ0) is 23.2. The molecule has 2 heterocycles. The lowest BCUT2D eigenvalue weighted by Crippen LogP contribution is -2.54. The Labute approximate surface area is 180 Å². The molecule has 0 saturated carbocycles. The molecule has 1 unspecified atom stereocenters. The number of piperidine rings is 1. The molecule has 2 aromatic rings. The highest BCUT2D eigenvalue weighted by molar-refractivity contribution is 6.25. The first-order valence-corrected chi connectivity index (χ1v) is 9.92. The molecule has 2 N–H and O–H groups in total. The number of benzene rings is 2. The van der Waals surface area contributed by atoms with Crippen LogP contribution in [0.25, 0.3) is 0 Å². The molecule has 0 spiro atoms. The Kier molecular flexibility index (Phi) is 5.45. The molecule has 1 saturated heterocycles. The quantitative estimate of drug-likeness (QED) is 0.545. The van der Waals surface area contributed by atoms with E-state index in [0.29, 0.717) is 11.3 Å². The lowest BCUT2D eigenvalue weighted by Gasteiger charge is -2.27. The van der Waals surface area contributed by atoms with Gasteiger partial charge in [-0.1, -0.05) is 29.8 Å². The molecule has 4 rings (SSSR count). The molecular weight excluding hydrogens is 427 g/mol. The Morgan fingerprint density at radius 2 is 1.62 bits per heavy atom. The number of carbonyl (C=O) groups is 4. The van der Waals surface area contributed by atoms with Gasteiger partial charge in [0.1, 0.15) is 6.04 Å². The Hall–Kier alpha value is -3.69. The maximum Gasteiger partial charge on any atom is 0.265 e. The van der Waals surface area contributed by atoms with Crippen LogP contribution in [0.15, 0.2) is 24.3 Å². The topological polar surface area (TPSA) is 95.6 Å². The number of amides is 4. The second-order valence-corrected chi connectivity index (χ2v) is 7.68. The molecule has 1 atom stereocenters. The number of carbonyl (C=O) groups excluding carboxylic acids is 4. The third-order valence-corrected chi connectivity index (χ3v) is 5.55. The molecule has 0 aliphatic carbocycles. The van der Waals surface area contributed by atoms with Gasteiger partial charge in [-0.05, 0) is 25.3 Å². The van der Waals surface area contributed by atoms with Crippen LogP contribution in [0.5, 0.6) is 0 Å². The molecule has 10 heteroatoms. The van der Waals surface area contributed by atoms with E-state index in [1.807, 2.05) is 36.5 Å². The van der Waals surface area contributed by atoms with Crippen molar-refractivity contribution in [1.82, 2.24) is 10.2 Å². The first kappa shape index (κ1) is 21.5. The number of halogens is 3. The summed E-state index contributed by atoms with van der Waals surface area (Å²) < 4.78 is 43.3. The largest absolute Gasteiger partial charge is 0.382 e.